The summed E-state index contributed by atoms with van der Waals surface area (Å²) in [6.07, 6.45) is 3.04. The van der Waals surface area contributed by atoms with Crippen molar-refractivity contribution in [2.75, 3.05) is 5.75 Å². The minimum absolute atomic E-state index is 0.0177. The third kappa shape index (κ3) is 5.07. The Bertz CT molecular complexity index is 423. The van der Waals surface area contributed by atoms with Crippen molar-refractivity contribution >= 4 is 32.3 Å². The summed E-state index contributed by atoms with van der Waals surface area (Å²) in [7, 11) is -1.92. The van der Waals surface area contributed by atoms with E-state index in [-0.39, 0.29) is 34.3 Å². The fourth-order valence-corrected chi connectivity index (χ4v) is 5.20. The molecule has 4 atom stereocenters. The van der Waals surface area contributed by atoms with Crippen LogP contribution in [0.1, 0.15) is 47.5 Å². The number of hydrogen-bond acceptors (Lipinski definition) is 4. The normalized spacial score (nSPS) is 24.6. The van der Waals surface area contributed by atoms with E-state index >= 15 is 0 Å². The standard InChI is InChI=1S/C17H33NO3SSi/c1-8-9-10-22-13(11-19)15-14(16(20)18-15)12(2)21-23(6,7)17(3,4)5/h11-15H,8-10H2,1-7H3,(H,18,20)/t12-,13?,14-,15+/m1/s1. The Kier molecular flexibility index (Phi) is 7.35. The molecule has 1 saturated heterocycles. The minimum atomic E-state index is -1.92. The predicted molar refractivity (Wildman–Crippen MR) is 100 cm³/mol. The maximum Gasteiger partial charge on any atom is 0.228 e. The van der Waals surface area contributed by atoms with Crippen molar-refractivity contribution in [2.45, 2.75) is 83.0 Å². The van der Waals surface area contributed by atoms with Crippen molar-refractivity contribution in [1.29, 1.82) is 0 Å². The van der Waals surface area contributed by atoms with Crippen LogP contribution in [0.2, 0.25) is 18.1 Å². The van der Waals surface area contributed by atoms with Crippen LogP contribution in [-0.2, 0) is 14.0 Å². The van der Waals surface area contributed by atoms with Gasteiger partial charge in [0.25, 0.3) is 0 Å². The molecule has 0 bridgehead atoms. The average Bonchev–Trinajstić information content (AvgIpc) is 2.39. The molecular formula is C17H33NO3SSi. The first-order chi connectivity index (χ1) is 10.5. The molecule has 0 aliphatic carbocycles. The number of unbranched alkanes of at least 4 members (excludes halogenated alkanes) is 1. The quantitative estimate of drug-likeness (QED) is 0.296. The summed E-state index contributed by atoms with van der Waals surface area (Å²) in [5.41, 5.74) is 0. The van der Waals surface area contributed by atoms with E-state index in [0.717, 1.165) is 24.9 Å². The van der Waals surface area contributed by atoms with Crippen LogP contribution < -0.4 is 5.32 Å². The molecular weight excluding hydrogens is 326 g/mol. The van der Waals surface area contributed by atoms with Gasteiger partial charge in [-0.25, -0.2) is 0 Å². The van der Waals surface area contributed by atoms with Crippen molar-refractivity contribution in [2.24, 2.45) is 5.92 Å². The van der Waals surface area contributed by atoms with Gasteiger partial charge in [0.1, 0.15) is 6.29 Å². The fourth-order valence-electron chi connectivity index (χ4n) is 2.51. The average molecular weight is 360 g/mol. The number of thioether (sulfide) groups is 1. The van der Waals surface area contributed by atoms with E-state index in [1.54, 1.807) is 11.8 Å². The Hall–Kier alpha value is -0.333. The zero-order valence-corrected chi connectivity index (χ0v) is 17.5. The van der Waals surface area contributed by atoms with Gasteiger partial charge in [0.2, 0.25) is 5.91 Å². The molecule has 23 heavy (non-hydrogen) atoms. The topological polar surface area (TPSA) is 55.4 Å². The largest absolute Gasteiger partial charge is 0.413 e. The van der Waals surface area contributed by atoms with Crippen LogP contribution in [0.15, 0.2) is 0 Å². The lowest BCUT2D eigenvalue weighted by atomic mass is 9.84. The lowest BCUT2D eigenvalue weighted by Crippen LogP contribution is -2.67. The molecule has 0 spiro atoms. The van der Waals surface area contributed by atoms with E-state index in [1.807, 2.05) is 6.92 Å². The van der Waals surface area contributed by atoms with Gasteiger partial charge in [-0.1, -0.05) is 34.1 Å². The first-order valence-electron chi connectivity index (χ1n) is 8.60. The minimum Gasteiger partial charge on any atom is -0.413 e. The highest BCUT2D eigenvalue weighted by atomic mass is 32.2. The Morgan fingerprint density at radius 1 is 1.39 bits per heavy atom. The van der Waals surface area contributed by atoms with Crippen molar-refractivity contribution in [3.8, 4) is 0 Å². The summed E-state index contributed by atoms with van der Waals surface area (Å²) < 4.78 is 6.38. The summed E-state index contributed by atoms with van der Waals surface area (Å²) in [6, 6.07) is -0.0957. The van der Waals surface area contributed by atoms with Gasteiger partial charge >= 0.3 is 0 Å². The second-order valence-corrected chi connectivity index (χ2v) is 14.0. The van der Waals surface area contributed by atoms with E-state index in [1.165, 1.54) is 0 Å². The maximum atomic E-state index is 12.1. The highest BCUT2D eigenvalue weighted by Gasteiger charge is 2.50. The molecule has 134 valence electrons. The second-order valence-electron chi connectivity index (χ2n) is 7.97. The number of carbonyl (C=O) groups is 2. The molecule has 0 aromatic heterocycles. The summed E-state index contributed by atoms with van der Waals surface area (Å²) in [5, 5.41) is 2.86. The number of carbonyl (C=O) groups excluding carboxylic acids is 2. The zero-order valence-electron chi connectivity index (χ0n) is 15.6. The van der Waals surface area contributed by atoms with Gasteiger partial charge in [-0.05, 0) is 37.2 Å². The van der Waals surface area contributed by atoms with Gasteiger partial charge in [-0.2, -0.15) is 0 Å². The third-order valence-electron chi connectivity index (χ3n) is 5.09. The van der Waals surface area contributed by atoms with Crippen LogP contribution in [0.4, 0.5) is 0 Å². The van der Waals surface area contributed by atoms with E-state index in [0.29, 0.717) is 0 Å². The predicted octanol–water partition coefficient (Wildman–Crippen LogP) is 3.61. The molecule has 1 fully saturated rings. The first kappa shape index (κ1) is 20.7. The lowest BCUT2D eigenvalue weighted by molar-refractivity contribution is -0.140. The number of β-lactam (4-membered cyclic amide) rings is 1. The Balaban J connectivity index is 2.72. The molecule has 4 nitrogen and oxygen atoms in total. The van der Waals surface area contributed by atoms with Crippen LogP contribution in [0.25, 0.3) is 0 Å². The smallest absolute Gasteiger partial charge is 0.228 e. The number of amides is 1. The number of aldehydes is 1. The molecule has 0 aromatic rings. The van der Waals surface area contributed by atoms with Gasteiger partial charge in [0.05, 0.1) is 23.3 Å². The molecule has 1 N–H and O–H groups in total. The Labute approximate surface area is 146 Å². The summed E-state index contributed by atoms with van der Waals surface area (Å²) in [4.78, 5) is 23.5. The lowest BCUT2D eigenvalue weighted by Gasteiger charge is -2.46. The molecule has 1 heterocycles. The van der Waals surface area contributed by atoms with Crippen LogP contribution in [0.3, 0.4) is 0 Å². The second kappa shape index (κ2) is 8.16. The van der Waals surface area contributed by atoms with Gasteiger partial charge in [0.15, 0.2) is 8.32 Å². The molecule has 6 heteroatoms. The number of hydrogen-bond donors (Lipinski definition) is 1. The molecule has 0 saturated carbocycles. The summed E-state index contributed by atoms with van der Waals surface area (Å²) in [6.45, 7) is 15.1. The fraction of sp³-hybridized carbons (Fsp3) is 0.882. The van der Waals surface area contributed by atoms with Crippen LogP contribution in [0, 0.1) is 5.92 Å². The first-order valence-corrected chi connectivity index (χ1v) is 12.6. The van der Waals surface area contributed by atoms with Crippen LogP contribution in [-0.4, -0.2) is 43.7 Å². The van der Waals surface area contributed by atoms with Crippen molar-refractivity contribution in [1.82, 2.24) is 5.32 Å². The SMILES string of the molecule is CCCCSC(C=O)[C@@H]1NC(=O)[C@@H]1[C@@H](C)O[Si](C)(C)C(C)(C)C. The van der Waals surface area contributed by atoms with Crippen molar-refractivity contribution in [3.63, 3.8) is 0 Å². The van der Waals surface area contributed by atoms with E-state index in [4.69, 9.17) is 4.43 Å². The third-order valence-corrected chi connectivity index (χ3v) is 11.0. The van der Waals surface area contributed by atoms with Crippen LogP contribution >= 0.6 is 11.8 Å². The molecule has 1 unspecified atom stereocenters. The molecule has 1 aliphatic rings. The Morgan fingerprint density at radius 2 is 2.00 bits per heavy atom. The van der Waals surface area contributed by atoms with Gasteiger partial charge in [-0.3, -0.25) is 4.79 Å². The highest BCUT2D eigenvalue weighted by Crippen LogP contribution is 2.39. The molecule has 0 radical (unpaired) electrons. The molecule has 0 aromatic carbocycles. The Morgan fingerprint density at radius 3 is 2.43 bits per heavy atom. The van der Waals surface area contributed by atoms with Gasteiger partial charge in [-0.15, -0.1) is 11.8 Å². The zero-order chi connectivity index (χ0) is 17.8. The molecule has 1 aliphatic heterocycles. The van der Waals surface area contributed by atoms with E-state index < -0.39 is 8.32 Å². The van der Waals surface area contributed by atoms with Gasteiger partial charge in [0, 0.05) is 0 Å². The van der Waals surface area contributed by atoms with Gasteiger partial charge < -0.3 is 14.5 Å². The monoisotopic (exact) mass is 359 g/mol. The van der Waals surface area contributed by atoms with Crippen LogP contribution in [0.5, 0.6) is 0 Å². The van der Waals surface area contributed by atoms with E-state index in [2.05, 4.69) is 46.1 Å². The van der Waals surface area contributed by atoms with Crippen molar-refractivity contribution in [3.05, 3.63) is 0 Å². The van der Waals surface area contributed by atoms with E-state index in [9.17, 15) is 9.59 Å². The molecule has 1 rings (SSSR count). The van der Waals surface area contributed by atoms with Crippen molar-refractivity contribution < 1.29 is 14.0 Å². The molecule has 1 amide bonds. The number of nitrogens with one attached hydrogen (secondary N) is 1. The summed E-state index contributed by atoms with van der Waals surface area (Å²) >= 11 is 1.65. The highest BCUT2D eigenvalue weighted by molar-refractivity contribution is 8.00. The maximum absolute atomic E-state index is 12.1. The number of rotatable bonds is 9. The summed E-state index contributed by atoms with van der Waals surface area (Å²) in [5.74, 6) is 0.758.